The molecule has 0 aliphatic heterocycles. The third-order valence-electron chi connectivity index (χ3n) is 2.84. The number of benzene rings is 1. The van der Waals surface area contributed by atoms with Gasteiger partial charge in [-0.05, 0) is 30.5 Å². The van der Waals surface area contributed by atoms with Gasteiger partial charge in [-0.3, -0.25) is 0 Å². The van der Waals surface area contributed by atoms with Crippen LogP contribution in [0.15, 0.2) is 28.0 Å². The van der Waals surface area contributed by atoms with Crippen molar-refractivity contribution in [3.8, 4) is 0 Å². The highest BCUT2D eigenvalue weighted by Gasteiger charge is 2.22. The van der Waals surface area contributed by atoms with E-state index < -0.39 is 30.6 Å². The molecular weight excluding hydrogens is 385 g/mol. The fourth-order valence-electron chi connectivity index (χ4n) is 1.54. The lowest BCUT2D eigenvalue weighted by Gasteiger charge is -2.12. The summed E-state index contributed by atoms with van der Waals surface area (Å²) in [5, 5.41) is 0.730. The summed E-state index contributed by atoms with van der Waals surface area (Å²) in [6.07, 6.45) is 1.69. The summed E-state index contributed by atoms with van der Waals surface area (Å²) in [5.74, 6) is -0.914. The molecule has 0 radical (unpaired) electrons. The molecule has 0 fully saturated rings. The van der Waals surface area contributed by atoms with Crippen LogP contribution in [0.4, 0.5) is 4.39 Å². The van der Waals surface area contributed by atoms with E-state index in [0.29, 0.717) is 0 Å². The third kappa shape index (κ3) is 5.32. The maximum Gasteiger partial charge on any atom is 0.243 e. The standard InChI is InChI=1S/C12H17BrFNO4S2/c1-9(5-6-13)8-15-21(18,19)12-7-10(20(2,16)17)3-4-11(12)14/h3-4,7,9,15H,5-6,8H2,1-2H3. The van der Waals surface area contributed by atoms with Crippen LogP contribution >= 0.6 is 15.9 Å². The Morgan fingerprint density at radius 2 is 1.90 bits per heavy atom. The van der Waals surface area contributed by atoms with Crippen LogP contribution in [0.25, 0.3) is 0 Å². The van der Waals surface area contributed by atoms with Crippen molar-refractivity contribution in [1.82, 2.24) is 4.72 Å². The van der Waals surface area contributed by atoms with Gasteiger partial charge in [-0.2, -0.15) is 0 Å². The normalized spacial score (nSPS) is 14.1. The van der Waals surface area contributed by atoms with Crippen molar-refractivity contribution >= 4 is 35.8 Å². The number of alkyl halides is 1. The van der Waals surface area contributed by atoms with Gasteiger partial charge in [0.2, 0.25) is 10.0 Å². The Morgan fingerprint density at radius 3 is 2.43 bits per heavy atom. The summed E-state index contributed by atoms with van der Waals surface area (Å²) < 4.78 is 63.0. The number of halogens is 2. The molecule has 5 nitrogen and oxygen atoms in total. The average Bonchev–Trinajstić information content (AvgIpc) is 2.36. The molecule has 0 amide bonds. The van der Waals surface area contributed by atoms with Crippen LogP contribution in [-0.4, -0.2) is 35.0 Å². The van der Waals surface area contributed by atoms with Gasteiger partial charge in [-0.1, -0.05) is 22.9 Å². The molecule has 120 valence electrons. The summed E-state index contributed by atoms with van der Waals surface area (Å²) in [6, 6.07) is 2.71. The fourth-order valence-corrected chi connectivity index (χ4v) is 4.31. The first-order valence-electron chi connectivity index (χ1n) is 6.13. The van der Waals surface area contributed by atoms with E-state index >= 15 is 0 Å². The van der Waals surface area contributed by atoms with Crippen LogP contribution in [0, 0.1) is 11.7 Å². The first kappa shape index (κ1) is 18.5. The van der Waals surface area contributed by atoms with Crippen molar-refractivity contribution in [3.05, 3.63) is 24.0 Å². The average molecular weight is 402 g/mol. The molecule has 0 aromatic heterocycles. The molecule has 1 N–H and O–H groups in total. The molecule has 0 saturated heterocycles. The van der Waals surface area contributed by atoms with Crippen LogP contribution in [0.2, 0.25) is 0 Å². The Bertz CT molecular complexity index is 704. The smallest absolute Gasteiger partial charge is 0.224 e. The van der Waals surface area contributed by atoms with Gasteiger partial charge in [0.15, 0.2) is 9.84 Å². The minimum absolute atomic E-state index is 0.0697. The number of sulfone groups is 1. The molecule has 0 spiro atoms. The molecule has 0 heterocycles. The molecular formula is C12H17BrFNO4S2. The zero-order chi connectivity index (χ0) is 16.3. The van der Waals surface area contributed by atoms with Gasteiger partial charge in [0.25, 0.3) is 0 Å². The Kier molecular flexibility index (Phi) is 6.33. The van der Waals surface area contributed by atoms with Crippen LogP contribution in [0.5, 0.6) is 0 Å². The Morgan fingerprint density at radius 1 is 1.29 bits per heavy atom. The zero-order valence-corrected chi connectivity index (χ0v) is 14.9. The van der Waals surface area contributed by atoms with Gasteiger partial charge in [-0.25, -0.2) is 25.9 Å². The Labute approximate surface area is 133 Å². The highest BCUT2D eigenvalue weighted by Crippen LogP contribution is 2.19. The highest BCUT2D eigenvalue weighted by atomic mass is 79.9. The molecule has 21 heavy (non-hydrogen) atoms. The summed E-state index contributed by atoms with van der Waals surface area (Å²) in [5.41, 5.74) is 0. The second-order valence-electron chi connectivity index (χ2n) is 4.80. The Hall–Kier alpha value is -0.510. The first-order valence-corrected chi connectivity index (χ1v) is 10.6. The van der Waals surface area contributed by atoms with Gasteiger partial charge in [0, 0.05) is 18.1 Å². The first-order chi connectivity index (χ1) is 9.58. The van der Waals surface area contributed by atoms with E-state index in [4.69, 9.17) is 0 Å². The maximum atomic E-state index is 13.7. The van der Waals surface area contributed by atoms with E-state index in [1.54, 1.807) is 0 Å². The van der Waals surface area contributed by atoms with Gasteiger partial charge in [0.1, 0.15) is 10.7 Å². The predicted molar refractivity (Wildman–Crippen MR) is 82.3 cm³/mol. The molecule has 0 saturated carbocycles. The molecule has 1 atom stereocenters. The Balaban J connectivity index is 3.08. The summed E-state index contributed by atoms with van der Waals surface area (Å²) in [6.45, 7) is 2.00. The van der Waals surface area contributed by atoms with E-state index in [0.717, 1.165) is 36.2 Å². The van der Waals surface area contributed by atoms with Crippen LogP contribution in [-0.2, 0) is 19.9 Å². The van der Waals surface area contributed by atoms with E-state index in [1.807, 2.05) is 6.92 Å². The monoisotopic (exact) mass is 401 g/mol. The minimum atomic E-state index is -4.09. The predicted octanol–water partition coefficient (Wildman–Crippen LogP) is 1.93. The molecule has 0 aliphatic carbocycles. The minimum Gasteiger partial charge on any atom is -0.224 e. The van der Waals surface area contributed by atoms with Gasteiger partial charge >= 0.3 is 0 Å². The largest absolute Gasteiger partial charge is 0.243 e. The van der Waals surface area contributed by atoms with Crippen molar-refractivity contribution in [2.24, 2.45) is 5.92 Å². The molecule has 1 aromatic rings. The van der Waals surface area contributed by atoms with Crippen molar-refractivity contribution in [3.63, 3.8) is 0 Å². The lowest BCUT2D eigenvalue weighted by atomic mass is 10.1. The quantitative estimate of drug-likeness (QED) is 0.558. The molecule has 0 bridgehead atoms. The van der Waals surface area contributed by atoms with Crippen molar-refractivity contribution in [2.75, 3.05) is 18.1 Å². The van der Waals surface area contributed by atoms with Crippen LogP contribution < -0.4 is 4.72 Å². The molecule has 1 unspecified atom stereocenters. The van der Waals surface area contributed by atoms with Gasteiger partial charge in [-0.15, -0.1) is 0 Å². The molecule has 0 aliphatic rings. The van der Waals surface area contributed by atoms with Gasteiger partial charge < -0.3 is 0 Å². The number of hydrogen-bond donors (Lipinski definition) is 1. The molecule has 1 rings (SSSR count). The SMILES string of the molecule is CC(CCBr)CNS(=O)(=O)c1cc(S(C)(=O)=O)ccc1F. The number of rotatable bonds is 7. The van der Waals surface area contributed by atoms with Gasteiger partial charge in [0.05, 0.1) is 4.90 Å². The summed E-state index contributed by atoms with van der Waals surface area (Å²) in [7, 11) is -7.70. The highest BCUT2D eigenvalue weighted by molar-refractivity contribution is 9.09. The van der Waals surface area contributed by atoms with E-state index in [-0.39, 0.29) is 17.4 Å². The summed E-state index contributed by atoms with van der Waals surface area (Å²) in [4.78, 5) is -0.894. The number of sulfonamides is 1. The van der Waals surface area contributed by atoms with E-state index in [9.17, 15) is 21.2 Å². The topological polar surface area (TPSA) is 80.3 Å². The second-order valence-corrected chi connectivity index (χ2v) is 9.34. The zero-order valence-electron chi connectivity index (χ0n) is 11.6. The van der Waals surface area contributed by atoms with Crippen LogP contribution in [0.1, 0.15) is 13.3 Å². The lowest BCUT2D eigenvalue weighted by molar-refractivity contribution is 0.523. The van der Waals surface area contributed by atoms with Crippen molar-refractivity contribution in [2.45, 2.75) is 23.1 Å². The maximum absolute atomic E-state index is 13.7. The fraction of sp³-hybridized carbons (Fsp3) is 0.500. The third-order valence-corrected chi connectivity index (χ3v) is 5.85. The van der Waals surface area contributed by atoms with Crippen LogP contribution in [0.3, 0.4) is 0 Å². The second kappa shape index (κ2) is 7.17. The number of nitrogens with one attached hydrogen (secondary N) is 1. The molecule has 9 heteroatoms. The van der Waals surface area contributed by atoms with E-state index in [2.05, 4.69) is 20.7 Å². The lowest BCUT2D eigenvalue weighted by Crippen LogP contribution is -2.29. The number of hydrogen-bond acceptors (Lipinski definition) is 4. The van der Waals surface area contributed by atoms with Crippen molar-refractivity contribution in [1.29, 1.82) is 0 Å². The van der Waals surface area contributed by atoms with E-state index in [1.165, 1.54) is 0 Å². The van der Waals surface area contributed by atoms with Crippen molar-refractivity contribution < 1.29 is 21.2 Å². The molecule has 1 aromatic carbocycles. The summed E-state index contributed by atoms with van der Waals surface area (Å²) >= 11 is 3.25.